The molecule has 1 heterocycles. The molecule has 72 valence electrons. The second kappa shape index (κ2) is 3.74. The summed E-state index contributed by atoms with van der Waals surface area (Å²) in [6, 6.07) is 5.69. The van der Waals surface area contributed by atoms with E-state index in [1.54, 1.807) is 6.20 Å². The molecule has 0 aliphatic heterocycles. The molecule has 2 heteroatoms. The zero-order chi connectivity index (χ0) is 9.97. The van der Waals surface area contributed by atoms with Crippen molar-refractivity contribution in [3.8, 4) is 0 Å². The average Bonchev–Trinajstić information content (AvgIpc) is 2.19. The first-order valence-corrected chi connectivity index (χ1v) is 4.93. The summed E-state index contributed by atoms with van der Waals surface area (Å²) in [5.74, 6) is 0.243. The van der Waals surface area contributed by atoms with E-state index in [0.29, 0.717) is 6.42 Å². The zero-order valence-corrected chi connectivity index (χ0v) is 8.29. The average molecular weight is 187 g/mol. The van der Waals surface area contributed by atoms with E-state index in [1.807, 2.05) is 25.1 Å². The quantitative estimate of drug-likeness (QED) is 0.676. The van der Waals surface area contributed by atoms with E-state index in [1.165, 1.54) is 5.57 Å². The Bertz CT molecular complexity index is 379. The van der Waals surface area contributed by atoms with Crippen LogP contribution in [0, 0.1) is 0 Å². The van der Waals surface area contributed by atoms with Crippen molar-refractivity contribution in [2.24, 2.45) is 0 Å². The van der Waals surface area contributed by atoms with Crippen molar-refractivity contribution in [2.45, 2.75) is 26.2 Å². The Morgan fingerprint density at radius 3 is 2.79 bits per heavy atom. The van der Waals surface area contributed by atoms with Gasteiger partial charge in [-0.2, -0.15) is 0 Å². The van der Waals surface area contributed by atoms with Gasteiger partial charge < -0.3 is 0 Å². The van der Waals surface area contributed by atoms with E-state index in [-0.39, 0.29) is 5.78 Å². The van der Waals surface area contributed by atoms with E-state index >= 15 is 0 Å². The molecule has 1 aromatic heterocycles. The summed E-state index contributed by atoms with van der Waals surface area (Å²) in [7, 11) is 0. The standard InChI is InChI=1S/C12H13NO/c1-9-5-4-7-11(14)12(9)10-6-2-3-8-13-10/h2-3,6,8H,4-5,7H2,1H3. The van der Waals surface area contributed by atoms with Gasteiger partial charge in [0.1, 0.15) is 0 Å². The molecule has 0 radical (unpaired) electrons. The molecule has 0 aromatic carbocycles. The SMILES string of the molecule is CC1=C(c2ccccn2)C(=O)CCC1. The fourth-order valence-electron chi connectivity index (χ4n) is 1.87. The van der Waals surface area contributed by atoms with E-state index in [0.717, 1.165) is 24.1 Å². The van der Waals surface area contributed by atoms with Gasteiger partial charge in [0.05, 0.1) is 5.69 Å². The maximum absolute atomic E-state index is 11.7. The summed E-state index contributed by atoms with van der Waals surface area (Å²) in [4.78, 5) is 15.9. The molecule has 0 N–H and O–H groups in total. The lowest BCUT2D eigenvalue weighted by atomic mass is 9.89. The largest absolute Gasteiger partial charge is 0.294 e. The van der Waals surface area contributed by atoms with Crippen molar-refractivity contribution in [2.75, 3.05) is 0 Å². The first-order valence-electron chi connectivity index (χ1n) is 4.93. The van der Waals surface area contributed by atoms with Gasteiger partial charge in [0.25, 0.3) is 0 Å². The Hall–Kier alpha value is -1.44. The predicted molar refractivity (Wildman–Crippen MR) is 55.7 cm³/mol. The van der Waals surface area contributed by atoms with Crippen molar-refractivity contribution in [3.05, 3.63) is 35.7 Å². The number of hydrogen-bond acceptors (Lipinski definition) is 2. The Kier molecular flexibility index (Phi) is 2.44. The number of Topliss-reactive ketones (excluding diaryl/α,β-unsaturated/α-hetero) is 1. The van der Waals surface area contributed by atoms with Crippen LogP contribution in [0.1, 0.15) is 31.9 Å². The van der Waals surface area contributed by atoms with Crippen LogP contribution in [0.25, 0.3) is 5.57 Å². The van der Waals surface area contributed by atoms with Gasteiger partial charge in [0.2, 0.25) is 0 Å². The maximum atomic E-state index is 11.7. The van der Waals surface area contributed by atoms with E-state index in [2.05, 4.69) is 4.98 Å². The summed E-state index contributed by atoms with van der Waals surface area (Å²) >= 11 is 0. The first-order chi connectivity index (χ1) is 6.79. The summed E-state index contributed by atoms with van der Waals surface area (Å²) < 4.78 is 0. The van der Waals surface area contributed by atoms with Crippen LogP contribution in [0.15, 0.2) is 30.0 Å². The van der Waals surface area contributed by atoms with Gasteiger partial charge in [0, 0.05) is 18.2 Å². The molecular weight excluding hydrogens is 174 g/mol. The van der Waals surface area contributed by atoms with Gasteiger partial charge in [-0.05, 0) is 31.9 Å². The van der Waals surface area contributed by atoms with Crippen LogP contribution in [0.2, 0.25) is 0 Å². The third kappa shape index (κ3) is 1.60. The number of ketones is 1. The Morgan fingerprint density at radius 2 is 2.14 bits per heavy atom. The molecule has 1 aliphatic rings. The van der Waals surface area contributed by atoms with Crippen LogP contribution in [0.4, 0.5) is 0 Å². The van der Waals surface area contributed by atoms with Gasteiger partial charge in [-0.3, -0.25) is 9.78 Å². The molecule has 0 bridgehead atoms. The summed E-state index contributed by atoms with van der Waals surface area (Å²) in [5, 5.41) is 0. The predicted octanol–water partition coefficient (Wildman–Crippen LogP) is 2.61. The fourth-order valence-corrected chi connectivity index (χ4v) is 1.87. The summed E-state index contributed by atoms with van der Waals surface area (Å²) in [6.07, 6.45) is 4.42. The van der Waals surface area contributed by atoms with Crippen LogP contribution >= 0.6 is 0 Å². The molecule has 1 aliphatic carbocycles. The fraction of sp³-hybridized carbons (Fsp3) is 0.333. The maximum Gasteiger partial charge on any atom is 0.164 e. The van der Waals surface area contributed by atoms with E-state index in [4.69, 9.17) is 0 Å². The molecule has 2 rings (SSSR count). The molecule has 0 unspecified atom stereocenters. The highest BCUT2D eigenvalue weighted by Crippen LogP contribution is 2.27. The van der Waals surface area contributed by atoms with Gasteiger partial charge in [0.15, 0.2) is 5.78 Å². The van der Waals surface area contributed by atoms with Gasteiger partial charge in [-0.1, -0.05) is 11.6 Å². The molecule has 14 heavy (non-hydrogen) atoms. The number of carbonyl (C=O) groups is 1. The molecular formula is C12H13NO. The number of nitrogens with zero attached hydrogens (tertiary/aromatic N) is 1. The number of aromatic nitrogens is 1. The van der Waals surface area contributed by atoms with Crippen LogP contribution in [-0.2, 0) is 4.79 Å². The molecule has 0 amide bonds. The van der Waals surface area contributed by atoms with E-state index < -0.39 is 0 Å². The van der Waals surface area contributed by atoms with Crippen molar-refractivity contribution in [3.63, 3.8) is 0 Å². The number of carbonyl (C=O) groups excluding carboxylic acids is 1. The number of pyridine rings is 1. The number of hydrogen-bond donors (Lipinski definition) is 0. The zero-order valence-electron chi connectivity index (χ0n) is 8.29. The third-order valence-electron chi connectivity index (χ3n) is 2.58. The lowest BCUT2D eigenvalue weighted by molar-refractivity contribution is -0.114. The second-order valence-electron chi connectivity index (χ2n) is 3.65. The smallest absolute Gasteiger partial charge is 0.164 e. The van der Waals surface area contributed by atoms with Gasteiger partial charge in [-0.15, -0.1) is 0 Å². The topological polar surface area (TPSA) is 30.0 Å². The minimum Gasteiger partial charge on any atom is -0.294 e. The first kappa shape index (κ1) is 9.13. The van der Waals surface area contributed by atoms with Crippen molar-refractivity contribution in [1.82, 2.24) is 4.98 Å². The minimum absolute atomic E-state index is 0.243. The van der Waals surface area contributed by atoms with Crippen molar-refractivity contribution >= 4 is 11.4 Å². The molecule has 0 atom stereocenters. The van der Waals surface area contributed by atoms with Crippen LogP contribution in [0.3, 0.4) is 0 Å². The molecule has 0 saturated carbocycles. The van der Waals surface area contributed by atoms with Crippen LogP contribution in [-0.4, -0.2) is 10.8 Å². The van der Waals surface area contributed by atoms with Crippen LogP contribution < -0.4 is 0 Å². The highest BCUT2D eigenvalue weighted by atomic mass is 16.1. The third-order valence-corrected chi connectivity index (χ3v) is 2.58. The molecule has 2 nitrogen and oxygen atoms in total. The Morgan fingerprint density at radius 1 is 1.29 bits per heavy atom. The van der Waals surface area contributed by atoms with E-state index in [9.17, 15) is 4.79 Å². The molecule has 0 spiro atoms. The second-order valence-corrected chi connectivity index (χ2v) is 3.65. The molecule has 0 saturated heterocycles. The Balaban J connectivity index is 2.46. The monoisotopic (exact) mass is 187 g/mol. The highest BCUT2D eigenvalue weighted by Gasteiger charge is 2.19. The summed E-state index contributed by atoms with van der Waals surface area (Å²) in [6.45, 7) is 2.03. The minimum atomic E-state index is 0.243. The van der Waals surface area contributed by atoms with Crippen LogP contribution in [0.5, 0.6) is 0 Å². The molecule has 1 aromatic rings. The Labute approximate surface area is 83.7 Å². The number of rotatable bonds is 1. The van der Waals surface area contributed by atoms with Crippen molar-refractivity contribution in [1.29, 1.82) is 0 Å². The van der Waals surface area contributed by atoms with Crippen molar-refractivity contribution < 1.29 is 4.79 Å². The van der Waals surface area contributed by atoms with Gasteiger partial charge in [-0.25, -0.2) is 0 Å². The highest BCUT2D eigenvalue weighted by molar-refractivity contribution is 6.21. The normalized spacial score (nSPS) is 17.4. The lowest BCUT2D eigenvalue weighted by Gasteiger charge is -2.15. The number of allylic oxidation sites excluding steroid dienone is 2. The van der Waals surface area contributed by atoms with Gasteiger partial charge >= 0.3 is 0 Å². The lowest BCUT2D eigenvalue weighted by Crippen LogP contribution is -2.10. The molecule has 0 fully saturated rings. The summed E-state index contributed by atoms with van der Waals surface area (Å²) in [5.41, 5.74) is 2.85.